The Labute approximate surface area is 129 Å². The Kier molecular flexibility index (Phi) is 6.09. The summed E-state index contributed by atoms with van der Waals surface area (Å²) in [6.07, 6.45) is -3.25. The molecule has 22 heavy (non-hydrogen) atoms. The van der Waals surface area contributed by atoms with Crippen molar-refractivity contribution in [1.82, 2.24) is 5.32 Å². The minimum atomic E-state index is -4.28. The van der Waals surface area contributed by atoms with Gasteiger partial charge < -0.3 is 11.1 Å². The Morgan fingerprint density at radius 3 is 2.14 bits per heavy atom. The molecule has 0 saturated carbocycles. The van der Waals surface area contributed by atoms with Crippen molar-refractivity contribution in [2.45, 2.75) is 26.9 Å². The fourth-order valence-corrected chi connectivity index (χ4v) is 1.75. The third-order valence-corrected chi connectivity index (χ3v) is 3.24. The molecule has 0 aliphatic rings. The number of hydrogen-bond donors (Lipinski definition) is 2. The van der Waals surface area contributed by atoms with Crippen molar-refractivity contribution < 1.29 is 13.2 Å². The molecule has 0 aromatic heterocycles. The molecule has 0 amide bonds. The molecule has 0 fully saturated rings. The Morgan fingerprint density at radius 1 is 1.18 bits per heavy atom. The maximum absolute atomic E-state index is 12.5. The third kappa shape index (κ3) is 5.47. The summed E-state index contributed by atoms with van der Waals surface area (Å²) in [5, 5.41) is 3.21. The van der Waals surface area contributed by atoms with Gasteiger partial charge in [0.15, 0.2) is 0 Å². The maximum Gasteiger partial charge on any atom is 0.394 e. The maximum atomic E-state index is 12.5. The summed E-state index contributed by atoms with van der Waals surface area (Å²) in [4.78, 5) is 0. The number of nitrogens with one attached hydrogen (secondary N) is 1. The Morgan fingerprint density at radius 2 is 1.68 bits per heavy atom. The van der Waals surface area contributed by atoms with E-state index < -0.39 is 12.1 Å². The third-order valence-electron chi connectivity index (χ3n) is 3.24. The van der Waals surface area contributed by atoms with Gasteiger partial charge in [0, 0.05) is 17.9 Å². The highest BCUT2D eigenvalue weighted by Crippen LogP contribution is 2.28. The van der Waals surface area contributed by atoms with Gasteiger partial charge in [-0.15, -0.1) is 0 Å². The van der Waals surface area contributed by atoms with Gasteiger partial charge in [0.05, 0.1) is 5.92 Å². The summed E-state index contributed by atoms with van der Waals surface area (Å²) >= 11 is 0. The number of nitrogens with two attached hydrogens (primary N) is 1. The van der Waals surface area contributed by atoms with Crippen LogP contribution in [-0.4, -0.2) is 12.7 Å². The van der Waals surface area contributed by atoms with Crippen LogP contribution in [0.3, 0.4) is 0 Å². The van der Waals surface area contributed by atoms with E-state index in [0.29, 0.717) is 11.5 Å². The zero-order chi connectivity index (χ0) is 16.9. The second-order valence-electron chi connectivity index (χ2n) is 5.78. The topological polar surface area (TPSA) is 38.0 Å². The van der Waals surface area contributed by atoms with Crippen molar-refractivity contribution >= 4 is 11.4 Å². The number of allylic oxidation sites excluding steroid dienone is 1. The van der Waals surface area contributed by atoms with Crippen LogP contribution < -0.4 is 11.1 Å². The minimum absolute atomic E-state index is 0.122. The lowest BCUT2D eigenvalue weighted by atomic mass is 10.0. The van der Waals surface area contributed by atoms with E-state index in [4.69, 9.17) is 5.73 Å². The van der Waals surface area contributed by atoms with Gasteiger partial charge in [0.2, 0.25) is 0 Å². The van der Waals surface area contributed by atoms with Gasteiger partial charge in [-0.2, -0.15) is 13.2 Å². The van der Waals surface area contributed by atoms with E-state index in [9.17, 15) is 13.2 Å². The van der Waals surface area contributed by atoms with Crippen molar-refractivity contribution in [2.24, 2.45) is 17.6 Å². The first-order valence-electron chi connectivity index (χ1n) is 7.19. The molecular formula is C17H23F3N2. The zero-order valence-electron chi connectivity index (χ0n) is 13.2. The first-order valence-corrected chi connectivity index (χ1v) is 7.19. The molecule has 0 spiro atoms. The minimum Gasteiger partial charge on any atom is -0.398 e. The van der Waals surface area contributed by atoms with Crippen molar-refractivity contribution in [3.05, 3.63) is 48.0 Å². The molecule has 1 atom stereocenters. The quantitative estimate of drug-likeness (QED) is 0.817. The average molecular weight is 312 g/mol. The molecule has 5 heteroatoms. The number of rotatable bonds is 6. The van der Waals surface area contributed by atoms with Crippen LogP contribution in [0.25, 0.3) is 11.4 Å². The smallest absolute Gasteiger partial charge is 0.394 e. The van der Waals surface area contributed by atoms with E-state index in [-0.39, 0.29) is 5.70 Å². The molecule has 0 aliphatic heterocycles. The summed E-state index contributed by atoms with van der Waals surface area (Å²) in [6, 6.07) is 6.99. The van der Waals surface area contributed by atoms with E-state index in [2.05, 4.69) is 25.7 Å². The Balaban J connectivity index is 2.80. The van der Waals surface area contributed by atoms with E-state index in [1.54, 1.807) is 24.3 Å². The molecule has 1 rings (SSSR count). The molecule has 0 aliphatic carbocycles. The zero-order valence-corrected chi connectivity index (χ0v) is 13.2. The summed E-state index contributed by atoms with van der Waals surface area (Å²) in [7, 11) is 0. The van der Waals surface area contributed by atoms with Crippen LogP contribution in [0.2, 0.25) is 0 Å². The van der Waals surface area contributed by atoms with E-state index in [0.717, 1.165) is 30.8 Å². The fourth-order valence-electron chi connectivity index (χ4n) is 1.75. The van der Waals surface area contributed by atoms with E-state index in [1.165, 1.54) is 0 Å². The number of benzene rings is 1. The van der Waals surface area contributed by atoms with Crippen molar-refractivity contribution in [1.29, 1.82) is 0 Å². The van der Waals surface area contributed by atoms with Crippen LogP contribution in [0.5, 0.6) is 0 Å². The number of halogens is 3. The standard InChI is InChI=1S/C17H23F3N2/c1-11(2)10-22-13(4)14-5-7-15(8-6-14)16(21)9-12(3)17(18,19)20/h5-9,11-12,22H,4,10,21H2,1-3H3/b16-9-/t12-/m0/s1. The summed E-state index contributed by atoms with van der Waals surface area (Å²) in [6.45, 7) is 10.0. The van der Waals surface area contributed by atoms with Crippen molar-refractivity contribution in [3.63, 3.8) is 0 Å². The lowest BCUT2D eigenvalue weighted by Gasteiger charge is -2.14. The van der Waals surface area contributed by atoms with Crippen LogP contribution in [0.15, 0.2) is 36.9 Å². The predicted molar refractivity (Wildman–Crippen MR) is 85.7 cm³/mol. The highest BCUT2D eigenvalue weighted by Gasteiger charge is 2.34. The van der Waals surface area contributed by atoms with Gasteiger partial charge in [0.1, 0.15) is 0 Å². The molecule has 0 saturated heterocycles. The molecule has 1 aromatic carbocycles. The largest absolute Gasteiger partial charge is 0.398 e. The van der Waals surface area contributed by atoms with Gasteiger partial charge in [0.25, 0.3) is 0 Å². The average Bonchev–Trinajstić information content (AvgIpc) is 2.43. The highest BCUT2D eigenvalue weighted by molar-refractivity contribution is 5.67. The molecule has 122 valence electrons. The molecule has 0 radical (unpaired) electrons. The first-order chi connectivity index (χ1) is 10.1. The van der Waals surface area contributed by atoms with Gasteiger partial charge in [-0.25, -0.2) is 0 Å². The van der Waals surface area contributed by atoms with Crippen molar-refractivity contribution in [2.75, 3.05) is 6.54 Å². The number of alkyl halides is 3. The lowest BCUT2D eigenvalue weighted by Crippen LogP contribution is -2.19. The van der Waals surface area contributed by atoms with E-state index >= 15 is 0 Å². The summed E-state index contributed by atoms with van der Waals surface area (Å²) < 4.78 is 37.6. The first kappa shape index (κ1) is 18.1. The SMILES string of the molecule is C=C(NCC(C)C)c1ccc(/C(N)=C/[C@H](C)C(F)(F)F)cc1. The van der Waals surface area contributed by atoms with Crippen LogP contribution in [0.1, 0.15) is 31.9 Å². The van der Waals surface area contributed by atoms with Crippen LogP contribution in [-0.2, 0) is 0 Å². The normalized spacial score (nSPS) is 14.0. The molecule has 0 unspecified atom stereocenters. The fraction of sp³-hybridized carbons (Fsp3) is 0.412. The molecule has 0 bridgehead atoms. The predicted octanol–water partition coefficient (Wildman–Crippen LogP) is 4.40. The van der Waals surface area contributed by atoms with Crippen molar-refractivity contribution in [3.8, 4) is 0 Å². The second kappa shape index (κ2) is 7.38. The van der Waals surface area contributed by atoms with Crippen LogP contribution in [0, 0.1) is 11.8 Å². The lowest BCUT2D eigenvalue weighted by molar-refractivity contribution is -0.156. The van der Waals surface area contributed by atoms with Gasteiger partial charge in [-0.1, -0.05) is 51.6 Å². The summed E-state index contributed by atoms with van der Waals surface area (Å²) in [5.41, 5.74) is 8.10. The molecule has 2 nitrogen and oxygen atoms in total. The Bertz CT molecular complexity index is 528. The molecule has 0 heterocycles. The molecule has 1 aromatic rings. The summed E-state index contributed by atoms with van der Waals surface area (Å²) in [5.74, 6) is -1.08. The molecule has 3 N–H and O–H groups in total. The van der Waals surface area contributed by atoms with Gasteiger partial charge >= 0.3 is 6.18 Å². The second-order valence-corrected chi connectivity index (χ2v) is 5.78. The van der Waals surface area contributed by atoms with Gasteiger partial charge in [-0.3, -0.25) is 0 Å². The van der Waals surface area contributed by atoms with E-state index in [1.807, 2.05) is 0 Å². The van der Waals surface area contributed by atoms with Crippen LogP contribution in [0.4, 0.5) is 13.2 Å². The highest BCUT2D eigenvalue weighted by atomic mass is 19.4. The molecular weight excluding hydrogens is 289 g/mol. The number of hydrogen-bond acceptors (Lipinski definition) is 2. The Hall–Kier alpha value is -1.91. The van der Waals surface area contributed by atoms with Gasteiger partial charge in [-0.05, 0) is 23.1 Å². The van der Waals surface area contributed by atoms with Crippen LogP contribution >= 0.6 is 0 Å². The monoisotopic (exact) mass is 312 g/mol.